The van der Waals surface area contributed by atoms with E-state index < -0.39 is 23.0 Å². The summed E-state index contributed by atoms with van der Waals surface area (Å²) in [7, 11) is 0. The lowest BCUT2D eigenvalue weighted by Gasteiger charge is -2.12. The maximum Gasteiger partial charge on any atom is 0.280 e. The Morgan fingerprint density at radius 2 is 1.72 bits per heavy atom. The zero-order valence-corrected chi connectivity index (χ0v) is 17.2. The molecular weight excluding hydrogens is 423 g/mol. The molecule has 4 rings (SSSR count). The first-order valence-electron chi connectivity index (χ1n) is 9.66. The normalized spacial score (nSPS) is 10.4. The highest BCUT2D eigenvalue weighted by atomic mass is 19.1. The first-order valence-corrected chi connectivity index (χ1v) is 9.66. The van der Waals surface area contributed by atoms with E-state index in [1.54, 1.807) is 6.07 Å². The zero-order chi connectivity index (χ0) is 23.3. The van der Waals surface area contributed by atoms with Crippen LogP contribution in [0.15, 0.2) is 59.8 Å². The van der Waals surface area contributed by atoms with Crippen LogP contribution in [0.4, 0.5) is 13.2 Å². The molecule has 2 aromatic heterocycles. The minimum Gasteiger partial charge on any atom is -0.439 e. The number of halogens is 3. The van der Waals surface area contributed by atoms with Crippen molar-refractivity contribution in [3.63, 3.8) is 0 Å². The van der Waals surface area contributed by atoms with Gasteiger partial charge in [0, 0.05) is 35.5 Å². The number of aromatic nitrogens is 3. The molecule has 164 valence electrons. The number of hydrogen-bond acceptors (Lipinski definition) is 5. The van der Waals surface area contributed by atoms with Gasteiger partial charge in [0.1, 0.15) is 23.2 Å². The van der Waals surface area contributed by atoms with E-state index in [4.69, 9.17) is 4.74 Å². The van der Waals surface area contributed by atoms with E-state index in [-0.39, 0.29) is 29.1 Å². The summed E-state index contributed by atoms with van der Waals surface area (Å²) in [5, 5.41) is 0.155. The number of pyridine rings is 1. The fourth-order valence-electron chi connectivity index (χ4n) is 2.92. The van der Waals surface area contributed by atoms with Crippen LogP contribution in [0, 0.1) is 17.5 Å². The molecule has 2 heterocycles. The van der Waals surface area contributed by atoms with Crippen molar-refractivity contribution in [1.82, 2.24) is 14.5 Å². The van der Waals surface area contributed by atoms with Gasteiger partial charge in [-0.3, -0.25) is 9.59 Å². The van der Waals surface area contributed by atoms with Gasteiger partial charge in [0.25, 0.3) is 5.56 Å². The van der Waals surface area contributed by atoms with Crippen LogP contribution in [-0.4, -0.2) is 20.8 Å². The van der Waals surface area contributed by atoms with E-state index in [0.29, 0.717) is 29.5 Å². The van der Waals surface area contributed by atoms with Crippen LogP contribution in [0.1, 0.15) is 29.8 Å². The highest BCUT2D eigenvalue weighted by Crippen LogP contribution is 2.24. The molecule has 9 heteroatoms. The quantitative estimate of drug-likeness (QED) is 0.413. The molecule has 0 bridgehead atoms. The molecule has 0 radical (unpaired) electrons. The Bertz CT molecular complexity index is 1300. The summed E-state index contributed by atoms with van der Waals surface area (Å²) >= 11 is 0. The van der Waals surface area contributed by atoms with Gasteiger partial charge in [-0.1, -0.05) is 13.8 Å². The Morgan fingerprint density at radius 3 is 2.34 bits per heavy atom. The number of hydrogen-bond donors (Lipinski definition) is 0. The lowest BCUT2D eigenvalue weighted by Crippen LogP contribution is -2.14. The van der Waals surface area contributed by atoms with E-state index >= 15 is 0 Å². The van der Waals surface area contributed by atoms with Crippen molar-refractivity contribution in [3.8, 4) is 11.6 Å². The number of benzene rings is 2. The summed E-state index contributed by atoms with van der Waals surface area (Å²) in [6.45, 7) is 3.71. The smallest absolute Gasteiger partial charge is 0.280 e. The van der Waals surface area contributed by atoms with E-state index in [9.17, 15) is 22.8 Å². The molecule has 0 saturated heterocycles. The Labute approximate surface area is 180 Å². The van der Waals surface area contributed by atoms with Crippen LogP contribution in [0.5, 0.6) is 11.6 Å². The van der Waals surface area contributed by atoms with Crippen LogP contribution >= 0.6 is 0 Å². The fourth-order valence-corrected chi connectivity index (χ4v) is 2.92. The zero-order valence-electron chi connectivity index (χ0n) is 17.2. The summed E-state index contributed by atoms with van der Waals surface area (Å²) in [4.78, 5) is 30.6. The molecule has 2 aromatic carbocycles. The van der Waals surface area contributed by atoms with Gasteiger partial charge >= 0.3 is 0 Å². The van der Waals surface area contributed by atoms with Gasteiger partial charge in [-0.2, -0.15) is 4.98 Å². The van der Waals surface area contributed by atoms with E-state index in [1.807, 2.05) is 13.8 Å². The number of ether oxygens (including phenoxy) is 1. The molecule has 0 aliphatic rings. The number of aldehydes is 1. The van der Waals surface area contributed by atoms with Crippen LogP contribution in [-0.2, 0) is 6.54 Å². The van der Waals surface area contributed by atoms with Crippen molar-refractivity contribution in [1.29, 1.82) is 0 Å². The van der Waals surface area contributed by atoms with Crippen molar-refractivity contribution in [3.05, 3.63) is 93.9 Å². The minimum atomic E-state index is -1.04. The van der Waals surface area contributed by atoms with Crippen molar-refractivity contribution in [2.45, 2.75) is 20.4 Å². The SMILES string of the molecule is CC.O=Cc1ccc(Oc2ccc3c(c2)c(=O)ncn3Cc2c(F)cc(F)cc2F)nc1. The monoisotopic (exact) mass is 441 g/mol. The molecule has 0 aliphatic heterocycles. The first kappa shape index (κ1) is 22.7. The van der Waals surface area contributed by atoms with Crippen LogP contribution in [0.25, 0.3) is 10.9 Å². The molecule has 0 unspecified atom stereocenters. The molecule has 32 heavy (non-hydrogen) atoms. The lowest BCUT2D eigenvalue weighted by atomic mass is 10.1. The van der Waals surface area contributed by atoms with Gasteiger partial charge in [0.2, 0.25) is 5.88 Å². The summed E-state index contributed by atoms with van der Waals surface area (Å²) in [5.41, 5.74) is -0.179. The third-order valence-corrected chi connectivity index (χ3v) is 4.37. The molecule has 6 nitrogen and oxygen atoms in total. The second kappa shape index (κ2) is 9.86. The summed E-state index contributed by atoms with van der Waals surface area (Å²) in [6.07, 6.45) is 3.14. The third kappa shape index (κ3) is 4.83. The van der Waals surface area contributed by atoms with E-state index in [2.05, 4.69) is 9.97 Å². The predicted molar refractivity (Wildman–Crippen MR) is 112 cm³/mol. The molecule has 0 amide bonds. The largest absolute Gasteiger partial charge is 0.439 e. The lowest BCUT2D eigenvalue weighted by molar-refractivity contribution is 0.112. The van der Waals surface area contributed by atoms with Gasteiger partial charge in [-0.15, -0.1) is 0 Å². The molecular formula is C23H18F3N3O3. The summed E-state index contributed by atoms with van der Waals surface area (Å²) in [6, 6.07) is 8.70. The standard InChI is InChI=1S/C21H12F3N3O3.C2H6/c22-13-5-17(23)16(18(24)6-13)9-27-11-26-21(29)15-7-14(2-3-19(15)27)30-20-4-1-12(10-28)8-25-20;1-2/h1-8,10-11H,9H2;1-2H3. The van der Waals surface area contributed by atoms with Gasteiger partial charge in [-0.05, 0) is 24.3 Å². The average molecular weight is 441 g/mol. The molecule has 0 saturated carbocycles. The number of carbonyl (C=O) groups excluding carboxylic acids is 1. The van der Waals surface area contributed by atoms with Crippen molar-refractivity contribution in [2.75, 3.05) is 0 Å². The summed E-state index contributed by atoms with van der Waals surface area (Å²) in [5.74, 6) is -2.61. The molecule has 0 atom stereocenters. The van der Waals surface area contributed by atoms with Crippen LogP contribution < -0.4 is 10.3 Å². The maximum atomic E-state index is 14.0. The highest BCUT2D eigenvalue weighted by Gasteiger charge is 2.14. The van der Waals surface area contributed by atoms with Crippen molar-refractivity contribution in [2.24, 2.45) is 0 Å². The second-order valence-corrected chi connectivity index (χ2v) is 6.35. The van der Waals surface area contributed by atoms with Gasteiger partial charge in [0.05, 0.1) is 23.8 Å². The Hall–Kier alpha value is -4.01. The molecule has 0 aliphatic carbocycles. The fraction of sp³-hybridized carbons (Fsp3) is 0.130. The Kier molecular flexibility index (Phi) is 6.99. The Morgan fingerprint density at radius 1 is 1.00 bits per heavy atom. The molecule has 0 spiro atoms. The average Bonchev–Trinajstić information content (AvgIpc) is 2.79. The first-order chi connectivity index (χ1) is 15.4. The molecule has 0 fully saturated rings. The topological polar surface area (TPSA) is 74.1 Å². The number of nitrogens with zero attached hydrogens (tertiary/aromatic N) is 3. The maximum absolute atomic E-state index is 14.0. The van der Waals surface area contributed by atoms with Crippen molar-refractivity contribution < 1.29 is 22.7 Å². The van der Waals surface area contributed by atoms with Crippen LogP contribution in [0.3, 0.4) is 0 Å². The van der Waals surface area contributed by atoms with Crippen LogP contribution in [0.2, 0.25) is 0 Å². The summed E-state index contributed by atoms with van der Waals surface area (Å²) < 4.78 is 48.1. The van der Waals surface area contributed by atoms with Gasteiger partial charge < -0.3 is 9.30 Å². The van der Waals surface area contributed by atoms with Crippen molar-refractivity contribution >= 4 is 17.2 Å². The van der Waals surface area contributed by atoms with Gasteiger partial charge in [0.15, 0.2) is 6.29 Å². The third-order valence-electron chi connectivity index (χ3n) is 4.37. The predicted octanol–water partition coefficient (Wildman–Crippen LogP) is 4.89. The number of rotatable bonds is 5. The molecule has 0 N–H and O–H groups in total. The van der Waals surface area contributed by atoms with Gasteiger partial charge in [-0.25, -0.2) is 18.2 Å². The van der Waals surface area contributed by atoms with E-state index in [0.717, 1.165) is 6.33 Å². The van der Waals surface area contributed by atoms with E-state index in [1.165, 1.54) is 35.0 Å². The highest BCUT2D eigenvalue weighted by molar-refractivity contribution is 5.79. The Balaban J connectivity index is 0.00000141. The minimum absolute atomic E-state index is 0.155. The molecule has 4 aromatic rings. The second-order valence-electron chi connectivity index (χ2n) is 6.35. The number of fused-ring (bicyclic) bond motifs is 1. The number of carbonyl (C=O) groups is 1.